The van der Waals surface area contributed by atoms with E-state index in [1.165, 1.54) is 4.90 Å². The zero-order valence-corrected chi connectivity index (χ0v) is 14.1. The third-order valence-electron chi connectivity index (χ3n) is 4.02. The van der Waals surface area contributed by atoms with E-state index >= 15 is 0 Å². The van der Waals surface area contributed by atoms with Crippen LogP contribution in [0.3, 0.4) is 0 Å². The summed E-state index contributed by atoms with van der Waals surface area (Å²) in [5, 5.41) is 20.1. The monoisotopic (exact) mass is 348 g/mol. The second-order valence-corrected chi connectivity index (χ2v) is 6.22. The van der Waals surface area contributed by atoms with E-state index in [1.807, 2.05) is 0 Å². The predicted octanol–water partition coefficient (Wildman–Crippen LogP) is 0.100. The molecule has 2 aromatic heterocycles. The number of hydrogen-bond donors (Lipinski definition) is 2. The Morgan fingerprint density at radius 1 is 1.24 bits per heavy atom. The van der Waals surface area contributed by atoms with Crippen molar-refractivity contribution in [3.63, 3.8) is 0 Å². The molecule has 2 N–H and O–H groups in total. The molecule has 1 fully saturated rings. The van der Waals surface area contributed by atoms with Crippen molar-refractivity contribution >= 4 is 11.8 Å². The van der Waals surface area contributed by atoms with Gasteiger partial charge in [-0.1, -0.05) is 10.3 Å². The standard InChI is InChI=1S/C16H20N4O5/c1-9-3-12(24-18-9)6-15(22)20-8-11(21)5-14(20)16(23)17-7-13-4-10(2)19-25-13/h3-4,11,14,21H,5-8H2,1-2H3,(H,17,23)/t11-,14+/m1/s1. The Morgan fingerprint density at radius 2 is 1.88 bits per heavy atom. The van der Waals surface area contributed by atoms with Gasteiger partial charge in [-0.05, 0) is 13.8 Å². The molecule has 1 saturated heterocycles. The van der Waals surface area contributed by atoms with Crippen LogP contribution in [0.1, 0.15) is 29.3 Å². The number of carbonyl (C=O) groups excluding carboxylic acids is 2. The number of aryl methyl sites for hydroxylation is 2. The molecule has 3 heterocycles. The van der Waals surface area contributed by atoms with Gasteiger partial charge < -0.3 is 24.4 Å². The molecule has 0 bridgehead atoms. The molecular formula is C16H20N4O5. The van der Waals surface area contributed by atoms with Crippen molar-refractivity contribution in [3.05, 3.63) is 35.0 Å². The number of hydrogen-bond acceptors (Lipinski definition) is 7. The highest BCUT2D eigenvalue weighted by Crippen LogP contribution is 2.20. The van der Waals surface area contributed by atoms with Crippen LogP contribution in [0.25, 0.3) is 0 Å². The first-order valence-corrected chi connectivity index (χ1v) is 8.02. The molecule has 3 rings (SSSR count). The number of amides is 2. The Kier molecular flexibility index (Phi) is 4.84. The largest absolute Gasteiger partial charge is 0.391 e. The van der Waals surface area contributed by atoms with Crippen molar-refractivity contribution in [2.75, 3.05) is 6.54 Å². The first kappa shape index (κ1) is 17.2. The predicted molar refractivity (Wildman–Crippen MR) is 84.2 cm³/mol. The molecule has 0 aliphatic carbocycles. The number of β-amino-alcohol motifs (C(OH)–C–C–N with tert-alkyl or cyclic N) is 1. The summed E-state index contributed by atoms with van der Waals surface area (Å²) < 4.78 is 10.1. The molecule has 2 atom stereocenters. The van der Waals surface area contributed by atoms with E-state index < -0.39 is 12.1 Å². The van der Waals surface area contributed by atoms with Crippen LogP contribution in [-0.4, -0.2) is 50.8 Å². The average molecular weight is 348 g/mol. The number of aliphatic hydroxyl groups excluding tert-OH is 1. The topological polar surface area (TPSA) is 122 Å². The highest BCUT2D eigenvalue weighted by molar-refractivity contribution is 5.89. The van der Waals surface area contributed by atoms with E-state index in [2.05, 4.69) is 15.6 Å². The number of carbonyl (C=O) groups is 2. The molecule has 0 unspecified atom stereocenters. The van der Waals surface area contributed by atoms with Crippen LogP contribution in [0.2, 0.25) is 0 Å². The molecule has 9 heteroatoms. The van der Waals surface area contributed by atoms with Crippen molar-refractivity contribution in [1.29, 1.82) is 0 Å². The van der Waals surface area contributed by atoms with Crippen LogP contribution in [0.15, 0.2) is 21.2 Å². The smallest absolute Gasteiger partial charge is 0.243 e. The summed E-state index contributed by atoms with van der Waals surface area (Å²) in [4.78, 5) is 26.3. The molecule has 25 heavy (non-hydrogen) atoms. The fourth-order valence-electron chi connectivity index (χ4n) is 2.88. The van der Waals surface area contributed by atoms with Gasteiger partial charge in [0.15, 0.2) is 5.76 Å². The second-order valence-electron chi connectivity index (χ2n) is 6.22. The van der Waals surface area contributed by atoms with Gasteiger partial charge in [0.2, 0.25) is 11.8 Å². The molecule has 134 valence electrons. The van der Waals surface area contributed by atoms with Gasteiger partial charge in [0.1, 0.15) is 11.8 Å². The Hall–Kier alpha value is -2.68. The van der Waals surface area contributed by atoms with Crippen LogP contribution in [0.4, 0.5) is 0 Å². The van der Waals surface area contributed by atoms with Crippen LogP contribution in [-0.2, 0) is 22.6 Å². The van der Waals surface area contributed by atoms with Crippen molar-refractivity contribution in [2.45, 2.75) is 45.4 Å². The first-order valence-electron chi connectivity index (χ1n) is 8.02. The Labute approximate surface area is 143 Å². The Morgan fingerprint density at radius 3 is 2.48 bits per heavy atom. The maximum absolute atomic E-state index is 12.5. The lowest BCUT2D eigenvalue weighted by atomic mass is 10.1. The summed E-state index contributed by atoms with van der Waals surface area (Å²) in [5.41, 5.74) is 1.40. The minimum absolute atomic E-state index is 0.00135. The second kappa shape index (κ2) is 7.06. The van der Waals surface area contributed by atoms with Gasteiger partial charge in [0.25, 0.3) is 0 Å². The highest BCUT2D eigenvalue weighted by Gasteiger charge is 2.39. The average Bonchev–Trinajstić information content (AvgIpc) is 3.26. The summed E-state index contributed by atoms with van der Waals surface area (Å²) in [5.74, 6) is 0.329. The zero-order valence-electron chi connectivity index (χ0n) is 14.1. The molecule has 0 aromatic carbocycles. The lowest BCUT2D eigenvalue weighted by Crippen LogP contribution is -2.46. The Balaban J connectivity index is 1.61. The van der Waals surface area contributed by atoms with Crippen molar-refractivity contribution in [1.82, 2.24) is 20.5 Å². The quantitative estimate of drug-likeness (QED) is 0.786. The summed E-state index contributed by atoms with van der Waals surface area (Å²) in [6.45, 7) is 3.84. The molecule has 1 aliphatic heterocycles. The number of rotatable bonds is 5. The molecule has 2 amide bonds. The molecule has 1 aliphatic rings. The van der Waals surface area contributed by atoms with Gasteiger partial charge in [-0.2, -0.15) is 0 Å². The number of likely N-dealkylation sites (tertiary alicyclic amines) is 1. The van der Waals surface area contributed by atoms with Crippen molar-refractivity contribution in [2.24, 2.45) is 0 Å². The molecule has 0 radical (unpaired) electrons. The van der Waals surface area contributed by atoms with E-state index in [0.717, 1.165) is 5.69 Å². The van der Waals surface area contributed by atoms with Crippen LogP contribution in [0.5, 0.6) is 0 Å². The fourth-order valence-corrected chi connectivity index (χ4v) is 2.88. The number of nitrogens with zero attached hydrogens (tertiary/aromatic N) is 3. The zero-order chi connectivity index (χ0) is 18.0. The summed E-state index contributed by atoms with van der Waals surface area (Å²) >= 11 is 0. The summed E-state index contributed by atoms with van der Waals surface area (Å²) in [6, 6.07) is 2.67. The van der Waals surface area contributed by atoms with Crippen LogP contribution < -0.4 is 5.32 Å². The number of aliphatic hydroxyl groups is 1. The molecular weight excluding hydrogens is 328 g/mol. The molecule has 2 aromatic rings. The van der Waals surface area contributed by atoms with Gasteiger partial charge in [0.05, 0.1) is 30.5 Å². The lowest BCUT2D eigenvalue weighted by molar-refractivity contribution is -0.138. The third-order valence-corrected chi connectivity index (χ3v) is 4.02. The summed E-state index contributed by atoms with van der Waals surface area (Å²) in [6.07, 6.45) is -0.537. The van der Waals surface area contributed by atoms with Gasteiger partial charge in [-0.25, -0.2) is 0 Å². The SMILES string of the molecule is Cc1cc(CNC(=O)[C@@H]2C[C@@H](O)CN2C(=O)Cc2cc(C)no2)on1. The lowest BCUT2D eigenvalue weighted by Gasteiger charge is -2.23. The van der Waals surface area contributed by atoms with Crippen molar-refractivity contribution in [3.8, 4) is 0 Å². The van der Waals surface area contributed by atoms with E-state index in [9.17, 15) is 14.7 Å². The maximum atomic E-state index is 12.5. The van der Waals surface area contributed by atoms with E-state index in [1.54, 1.807) is 26.0 Å². The van der Waals surface area contributed by atoms with E-state index in [-0.39, 0.29) is 37.7 Å². The maximum Gasteiger partial charge on any atom is 0.243 e. The Bertz CT molecular complexity index is 768. The molecule has 9 nitrogen and oxygen atoms in total. The minimum atomic E-state index is -0.733. The third kappa shape index (κ3) is 4.05. The fraction of sp³-hybridized carbons (Fsp3) is 0.500. The van der Waals surface area contributed by atoms with Gasteiger partial charge in [0, 0.05) is 25.1 Å². The minimum Gasteiger partial charge on any atom is -0.391 e. The van der Waals surface area contributed by atoms with Crippen LogP contribution in [0, 0.1) is 13.8 Å². The van der Waals surface area contributed by atoms with Crippen LogP contribution >= 0.6 is 0 Å². The normalized spacial score (nSPS) is 20.0. The van der Waals surface area contributed by atoms with Gasteiger partial charge in [-0.15, -0.1) is 0 Å². The first-order chi connectivity index (χ1) is 11.9. The van der Waals surface area contributed by atoms with E-state index in [4.69, 9.17) is 9.05 Å². The number of aromatic nitrogens is 2. The van der Waals surface area contributed by atoms with Gasteiger partial charge in [-0.3, -0.25) is 9.59 Å². The van der Waals surface area contributed by atoms with Gasteiger partial charge >= 0.3 is 0 Å². The highest BCUT2D eigenvalue weighted by atomic mass is 16.5. The van der Waals surface area contributed by atoms with Crippen molar-refractivity contribution < 1.29 is 23.7 Å². The molecule has 0 saturated carbocycles. The number of nitrogens with one attached hydrogen (secondary N) is 1. The summed E-state index contributed by atoms with van der Waals surface area (Å²) in [7, 11) is 0. The molecule has 0 spiro atoms. The van der Waals surface area contributed by atoms with E-state index in [0.29, 0.717) is 17.2 Å².